The summed E-state index contributed by atoms with van der Waals surface area (Å²) in [4.78, 5) is 85.5. The van der Waals surface area contributed by atoms with E-state index < -0.39 is 42.0 Å². The van der Waals surface area contributed by atoms with E-state index in [1.807, 2.05) is 58.0 Å². The number of benzene rings is 1. The Labute approximate surface area is 290 Å². The molecule has 13 heteroatoms. The molecule has 3 heterocycles. The molecule has 0 bridgehead atoms. The lowest BCUT2D eigenvalue weighted by molar-refractivity contribution is -0.145. The van der Waals surface area contributed by atoms with Crippen molar-refractivity contribution >= 4 is 35.4 Å². The van der Waals surface area contributed by atoms with Gasteiger partial charge in [-0.25, -0.2) is 0 Å². The highest BCUT2D eigenvalue weighted by Gasteiger charge is 2.43. The molecule has 3 fully saturated rings. The van der Waals surface area contributed by atoms with Gasteiger partial charge in [-0.1, -0.05) is 64.4 Å². The van der Waals surface area contributed by atoms with Crippen LogP contribution in [0.25, 0.3) is 0 Å². The molecule has 3 aliphatic rings. The predicted molar refractivity (Wildman–Crippen MR) is 184 cm³/mol. The number of hydrogen-bond acceptors (Lipinski definition) is 7. The maximum Gasteiger partial charge on any atom is 0.246 e. The van der Waals surface area contributed by atoms with Gasteiger partial charge in [0, 0.05) is 26.2 Å². The van der Waals surface area contributed by atoms with Gasteiger partial charge in [-0.05, 0) is 62.3 Å². The highest BCUT2D eigenvalue weighted by Crippen LogP contribution is 2.25. The zero-order valence-electron chi connectivity index (χ0n) is 29.5. The van der Waals surface area contributed by atoms with Crippen molar-refractivity contribution in [2.75, 3.05) is 26.2 Å². The molecule has 270 valence electrons. The van der Waals surface area contributed by atoms with Gasteiger partial charge in [0.05, 0.1) is 6.54 Å². The fraction of sp³-hybridized carbons (Fsp3) is 0.667. The van der Waals surface area contributed by atoms with Crippen molar-refractivity contribution in [2.24, 2.45) is 17.6 Å². The first-order valence-corrected chi connectivity index (χ1v) is 18.0. The van der Waals surface area contributed by atoms with Crippen molar-refractivity contribution in [1.29, 1.82) is 0 Å². The lowest BCUT2D eigenvalue weighted by atomic mass is 9.96. The van der Waals surface area contributed by atoms with Gasteiger partial charge in [0.2, 0.25) is 35.4 Å². The quantitative estimate of drug-likeness (QED) is 0.229. The summed E-state index contributed by atoms with van der Waals surface area (Å²) in [5, 5.41) is 8.84. The minimum Gasteiger partial charge on any atom is -0.350 e. The van der Waals surface area contributed by atoms with Gasteiger partial charge in [0.25, 0.3) is 0 Å². The van der Waals surface area contributed by atoms with Crippen molar-refractivity contribution in [3.05, 3.63) is 35.9 Å². The van der Waals surface area contributed by atoms with Crippen LogP contribution in [-0.4, -0.2) is 107 Å². The van der Waals surface area contributed by atoms with Crippen molar-refractivity contribution < 1.29 is 28.8 Å². The van der Waals surface area contributed by atoms with Crippen LogP contribution in [0.1, 0.15) is 84.6 Å². The van der Waals surface area contributed by atoms with Gasteiger partial charge in [-0.3, -0.25) is 28.8 Å². The van der Waals surface area contributed by atoms with Crippen LogP contribution in [-0.2, 0) is 35.3 Å². The van der Waals surface area contributed by atoms with Crippen LogP contribution < -0.4 is 21.7 Å². The van der Waals surface area contributed by atoms with Crippen molar-refractivity contribution in [2.45, 2.75) is 116 Å². The van der Waals surface area contributed by atoms with Crippen LogP contribution in [0.5, 0.6) is 0 Å². The van der Waals surface area contributed by atoms with Gasteiger partial charge >= 0.3 is 0 Å². The third kappa shape index (κ3) is 9.37. The molecule has 49 heavy (non-hydrogen) atoms. The number of carbonyl (C=O) groups is 6. The van der Waals surface area contributed by atoms with Crippen molar-refractivity contribution in [3.63, 3.8) is 0 Å². The Morgan fingerprint density at radius 3 is 1.86 bits per heavy atom. The summed E-state index contributed by atoms with van der Waals surface area (Å²) in [5.41, 5.74) is 6.52. The molecule has 5 N–H and O–H groups in total. The predicted octanol–water partition coefficient (Wildman–Crippen LogP) is 1.30. The van der Waals surface area contributed by atoms with E-state index in [4.69, 9.17) is 5.73 Å². The van der Waals surface area contributed by atoms with E-state index in [9.17, 15) is 28.8 Å². The van der Waals surface area contributed by atoms with Gasteiger partial charge in [-0.15, -0.1) is 0 Å². The third-order valence-electron chi connectivity index (χ3n) is 10.1. The van der Waals surface area contributed by atoms with Crippen molar-refractivity contribution in [3.8, 4) is 0 Å². The first kappa shape index (κ1) is 37.8. The lowest BCUT2D eigenvalue weighted by Gasteiger charge is -2.34. The summed E-state index contributed by atoms with van der Waals surface area (Å²) < 4.78 is 0. The molecule has 6 atom stereocenters. The molecule has 0 unspecified atom stereocenters. The first-order chi connectivity index (χ1) is 23.5. The molecule has 1 aromatic rings. The molecule has 1 aromatic carbocycles. The molecule has 0 aromatic heterocycles. The zero-order valence-corrected chi connectivity index (χ0v) is 29.5. The van der Waals surface area contributed by atoms with E-state index in [2.05, 4.69) is 16.0 Å². The highest BCUT2D eigenvalue weighted by molar-refractivity contribution is 5.97. The molecule has 6 amide bonds. The van der Waals surface area contributed by atoms with E-state index in [1.165, 1.54) is 9.80 Å². The first-order valence-electron chi connectivity index (χ1n) is 18.0. The maximum atomic E-state index is 14.0. The SMILES string of the molecule is CC[C@H](C)[C@H](NC(=O)[C@@H]1CCCN1C(=O)[C@H](CC(C)C)NC(=O)[C@@H]1CCCN1C(=O)CN)C(=O)N1CCC[C@H]1C(=O)NCc1ccccc1. The number of nitrogens with zero attached hydrogens (tertiary/aromatic N) is 3. The molecule has 0 aliphatic carbocycles. The van der Waals surface area contributed by atoms with E-state index in [0.29, 0.717) is 77.5 Å². The zero-order chi connectivity index (χ0) is 35.7. The number of hydrogen-bond donors (Lipinski definition) is 4. The number of nitrogens with one attached hydrogen (secondary N) is 3. The Kier molecular flexibility index (Phi) is 13.6. The summed E-state index contributed by atoms with van der Waals surface area (Å²) in [5.74, 6) is -2.13. The van der Waals surface area contributed by atoms with Crippen LogP contribution in [0.2, 0.25) is 0 Å². The Balaban J connectivity index is 1.44. The fourth-order valence-corrected chi connectivity index (χ4v) is 7.24. The fourth-order valence-electron chi connectivity index (χ4n) is 7.24. The smallest absolute Gasteiger partial charge is 0.246 e. The lowest BCUT2D eigenvalue weighted by Crippen LogP contribution is -2.60. The molecule has 4 rings (SSSR count). The summed E-state index contributed by atoms with van der Waals surface area (Å²) >= 11 is 0. The number of likely N-dealkylation sites (tertiary alicyclic amines) is 3. The normalized spacial score (nSPS) is 22.5. The monoisotopic (exact) mass is 681 g/mol. The summed E-state index contributed by atoms with van der Waals surface area (Å²) in [7, 11) is 0. The van der Waals surface area contributed by atoms with Crippen LogP contribution in [0, 0.1) is 11.8 Å². The maximum absolute atomic E-state index is 14.0. The van der Waals surface area contributed by atoms with Gasteiger partial charge < -0.3 is 36.4 Å². The van der Waals surface area contributed by atoms with Crippen LogP contribution in [0.15, 0.2) is 30.3 Å². The van der Waals surface area contributed by atoms with Gasteiger partial charge in [0.15, 0.2) is 0 Å². The second-order valence-electron chi connectivity index (χ2n) is 14.1. The standard InChI is InChI=1S/C36H55N7O6/c1-5-24(4)31(36(49)43-19-10-14-27(43)32(45)38-22-25-12-7-6-8-13-25)40-34(47)29-16-11-18-42(29)35(48)26(20-23(2)3)39-33(46)28-15-9-17-41(28)30(44)21-37/h6-8,12-13,23-24,26-29,31H,5,9-11,14-22,37H2,1-4H3,(H,38,45)(H,39,46)(H,40,47)/t24-,26-,27-,28-,29-,31-/m0/s1. The topological polar surface area (TPSA) is 174 Å². The minimum atomic E-state index is -0.872. The Hall–Kier alpha value is -4.00. The van der Waals surface area contributed by atoms with Crippen LogP contribution >= 0.6 is 0 Å². The van der Waals surface area contributed by atoms with Crippen LogP contribution in [0.3, 0.4) is 0 Å². The number of nitrogens with two attached hydrogens (primary N) is 1. The molecule has 3 saturated heterocycles. The minimum absolute atomic E-state index is 0.0696. The second kappa shape index (κ2) is 17.6. The van der Waals surface area contributed by atoms with Gasteiger partial charge in [-0.2, -0.15) is 0 Å². The van der Waals surface area contributed by atoms with E-state index >= 15 is 0 Å². The molecule has 0 saturated carbocycles. The Morgan fingerprint density at radius 1 is 0.755 bits per heavy atom. The van der Waals surface area contributed by atoms with Crippen molar-refractivity contribution in [1.82, 2.24) is 30.7 Å². The second-order valence-corrected chi connectivity index (χ2v) is 14.1. The van der Waals surface area contributed by atoms with Gasteiger partial charge in [0.1, 0.15) is 30.2 Å². The van der Waals surface area contributed by atoms with E-state index in [1.54, 1.807) is 4.90 Å². The number of rotatable bonds is 14. The summed E-state index contributed by atoms with van der Waals surface area (Å²) in [6.07, 6.45) is 4.41. The van der Waals surface area contributed by atoms with E-state index in [-0.39, 0.29) is 42.0 Å². The average molecular weight is 682 g/mol. The Morgan fingerprint density at radius 2 is 1.29 bits per heavy atom. The highest BCUT2D eigenvalue weighted by atomic mass is 16.2. The Bertz CT molecular complexity index is 1340. The molecule has 3 aliphatic heterocycles. The molecule has 0 radical (unpaired) electrons. The third-order valence-corrected chi connectivity index (χ3v) is 10.1. The summed E-state index contributed by atoms with van der Waals surface area (Å²) in [6, 6.07) is 5.73. The molecular weight excluding hydrogens is 626 g/mol. The largest absolute Gasteiger partial charge is 0.350 e. The van der Waals surface area contributed by atoms with E-state index in [0.717, 1.165) is 5.56 Å². The number of carbonyl (C=O) groups excluding carboxylic acids is 6. The number of amides is 6. The average Bonchev–Trinajstić information content (AvgIpc) is 3.89. The van der Waals surface area contributed by atoms with Crippen LogP contribution in [0.4, 0.5) is 0 Å². The summed E-state index contributed by atoms with van der Waals surface area (Å²) in [6.45, 7) is 9.13. The molecule has 0 spiro atoms. The molecular formula is C36H55N7O6. The molecule has 13 nitrogen and oxygen atoms in total.